The van der Waals surface area contributed by atoms with Crippen molar-refractivity contribution in [2.75, 3.05) is 7.05 Å². The first kappa shape index (κ1) is 27.2. The van der Waals surface area contributed by atoms with Crippen LogP contribution in [-0.4, -0.2) is 26.0 Å². The van der Waals surface area contributed by atoms with E-state index in [9.17, 15) is 4.46 Å². The molecular weight excluding hydrogens is 430 g/mol. The van der Waals surface area contributed by atoms with Crippen LogP contribution in [0.4, 0.5) is 0 Å². The van der Waals surface area contributed by atoms with E-state index in [2.05, 4.69) is 92.6 Å². The van der Waals surface area contributed by atoms with E-state index in [1.807, 2.05) is 26.1 Å². The van der Waals surface area contributed by atoms with Crippen molar-refractivity contribution in [2.24, 2.45) is 0 Å². The molecule has 0 saturated heterocycles. The summed E-state index contributed by atoms with van der Waals surface area (Å²) in [7, 11) is 0.158. The average Bonchev–Trinajstić information content (AvgIpc) is 3.05. The van der Waals surface area contributed by atoms with Gasteiger partial charge in [0.1, 0.15) is 0 Å². The molecule has 0 heterocycles. The summed E-state index contributed by atoms with van der Waals surface area (Å²) in [5.74, 6) is 0.257. The minimum Gasteiger partial charge on any atom is -0.375 e. The van der Waals surface area contributed by atoms with Crippen LogP contribution in [0.3, 0.4) is 0 Å². The summed E-state index contributed by atoms with van der Waals surface area (Å²) in [6, 6.07) is 19.8. The van der Waals surface area contributed by atoms with E-state index in [4.69, 9.17) is 0 Å². The van der Waals surface area contributed by atoms with E-state index >= 15 is 0 Å². The predicted octanol–water partition coefficient (Wildman–Crippen LogP) is 6.80. The monoisotopic (exact) mass is 465 g/mol. The van der Waals surface area contributed by atoms with Gasteiger partial charge in [0.05, 0.1) is 0 Å². The van der Waals surface area contributed by atoms with Crippen molar-refractivity contribution in [1.29, 1.82) is 0 Å². The smallest absolute Gasteiger partial charge is 0.375 e. The molecule has 31 heavy (non-hydrogen) atoms. The average molecular weight is 466 g/mol. The van der Waals surface area contributed by atoms with Gasteiger partial charge >= 0.3 is 8.84 Å². The van der Waals surface area contributed by atoms with Gasteiger partial charge in [-0.15, -0.1) is 0 Å². The fourth-order valence-corrected chi connectivity index (χ4v) is 5.38. The summed E-state index contributed by atoms with van der Waals surface area (Å²) < 4.78 is 15.1. The van der Waals surface area contributed by atoms with E-state index in [-0.39, 0.29) is 33.2 Å². The molecule has 1 unspecified atom stereocenters. The molecule has 0 bridgehead atoms. The van der Waals surface area contributed by atoms with Crippen LogP contribution >= 0.6 is 0 Å². The summed E-state index contributed by atoms with van der Waals surface area (Å²) in [4.78, 5) is 0. The topological polar surface area (TPSA) is 20.3 Å². The predicted molar refractivity (Wildman–Crippen MR) is 131 cm³/mol. The molecule has 1 atom stereocenters. The third kappa shape index (κ3) is 7.99. The molecule has 0 fully saturated rings. The van der Waals surface area contributed by atoms with Crippen LogP contribution in [0.15, 0.2) is 85.0 Å². The zero-order valence-corrected chi connectivity index (χ0v) is 22.1. The summed E-state index contributed by atoms with van der Waals surface area (Å²) in [5.41, 5.74) is 5.24. The number of benzene rings is 2. The summed E-state index contributed by atoms with van der Waals surface area (Å²) in [6.07, 6.45) is 8.81. The van der Waals surface area contributed by atoms with E-state index in [1.54, 1.807) is 6.08 Å². The number of hydrogen-bond acceptors (Lipinski definition) is 1. The van der Waals surface area contributed by atoms with E-state index < -0.39 is 8.84 Å². The van der Waals surface area contributed by atoms with Gasteiger partial charge in [0.25, 0.3) is 0 Å². The zero-order valence-electron chi connectivity index (χ0n) is 19.6. The largest absolute Gasteiger partial charge is 0.395 e. The Morgan fingerprint density at radius 3 is 2.23 bits per heavy atom. The first-order valence-electron chi connectivity index (χ1n) is 10.6. The standard InChI is InChI=1S/C22H27NOSi.C5H8.Ti/c1-22(2,3)23(4)25(24)16-21-19(14-17-10-6-5-7-11-17)15-18-12-8-9-13-20(18)21;1-3-5-4-2;/h5-13,15,21H,14,16H2,1-4H3;3-5H,1H2,2H3;. The first-order valence-corrected chi connectivity index (χ1v) is 12.2. The van der Waals surface area contributed by atoms with Gasteiger partial charge in [-0.1, -0.05) is 91.1 Å². The van der Waals surface area contributed by atoms with Crippen molar-refractivity contribution in [2.45, 2.75) is 51.6 Å². The first-order chi connectivity index (χ1) is 14.3. The van der Waals surface area contributed by atoms with E-state index in [1.165, 1.54) is 22.3 Å². The van der Waals surface area contributed by atoms with Crippen LogP contribution < -0.4 is 0 Å². The molecule has 0 saturated carbocycles. The molecule has 0 radical (unpaired) electrons. The van der Waals surface area contributed by atoms with Gasteiger partial charge in [-0.25, -0.2) is 0 Å². The van der Waals surface area contributed by atoms with Crippen molar-refractivity contribution in [3.63, 3.8) is 0 Å². The molecule has 0 aliphatic heterocycles. The maximum Gasteiger partial charge on any atom is 0.395 e. The Morgan fingerprint density at radius 1 is 1.06 bits per heavy atom. The van der Waals surface area contributed by atoms with Gasteiger partial charge < -0.3 is 9.03 Å². The quantitative estimate of drug-likeness (QED) is 0.345. The molecule has 0 N–H and O–H groups in total. The van der Waals surface area contributed by atoms with Crippen LogP contribution in [0.1, 0.15) is 50.3 Å². The summed E-state index contributed by atoms with van der Waals surface area (Å²) in [5, 5.41) is 0. The normalized spacial score (nSPS) is 14.6. The molecule has 1 aliphatic carbocycles. The molecule has 2 aromatic rings. The molecule has 1 aliphatic rings. The third-order valence-electron chi connectivity index (χ3n) is 5.50. The molecular formula is C27H35NOSiTi. The summed E-state index contributed by atoms with van der Waals surface area (Å²) >= 11 is 0. The maximum absolute atomic E-state index is 13.0. The van der Waals surface area contributed by atoms with Gasteiger partial charge in [0, 0.05) is 46.3 Å². The van der Waals surface area contributed by atoms with Crippen LogP contribution in [-0.2, 0) is 32.6 Å². The fraction of sp³-hybridized carbons (Fsp3) is 0.333. The van der Waals surface area contributed by atoms with Gasteiger partial charge in [0.2, 0.25) is 0 Å². The van der Waals surface area contributed by atoms with Crippen LogP contribution in [0, 0.1) is 0 Å². The Kier molecular flexibility index (Phi) is 11.3. The van der Waals surface area contributed by atoms with Crippen LogP contribution in [0.5, 0.6) is 0 Å². The maximum atomic E-state index is 13.0. The number of fused-ring (bicyclic) bond motifs is 1. The fourth-order valence-electron chi connectivity index (χ4n) is 3.53. The minimum atomic E-state index is -1.83. The van der Waals surface area contributed by atoms with E-state index in [0.29, 0.717) is 6.04 Å². The molecule has 0 spiro atoms. The second-order valence-electron chi connectivity index (χ2n) is 8.65. The Hall–Kier alpha value is -1.81. The summed E-state index contributed by atoms with van der Waals surface area (Å²) in [6.45, 7) is 11.8. The number of hydrogen-bond donors (Lipinski definition) is 0. The third-order valence-corrected chi connectivity index (χ3v) is 7.68. The Balaban J connectivity index is 0.000000721. The van der Waals surface area contributed by atoms with Gasteiger partial charge in [-0.05, 0) is 50.8 Å². The molecule has 162 valence electrons. The van der Waals surface area contributed by atoms with Crippen molar-refractivity contribution in [1.82, 2.24) is 4.57 Å². The second kappa shape index (κ2) is 12.9. The number of allylic oxidation sites excluding steroid dienone is 4. The van der Waals surface area contributed by atoms with Crippen molar-refractivity contribution in [3.8, 4) is 0 Å². The van der Waals surface area contributed by atoms with Crippen molar-refractivity contribution >= 4 is 14.9 Å². The molecule has 0 amide bonds. The molecule has 3 rings (SSSR count). The van der Waals surface area contributed by atoms with Crippen LogP contribution in [0.25, 0.3) is 6.08 Å². The van der Waals surface area contributed by atoms with E-state index in [0.717, 1.165) is 6.42 Å². The van der Waals surface area contributed by atoms with Crippen LogP contribution in [0.2, 0.25) is 6.04 Å². The second-order valence-corrected chi connectivity index (χ2v) is 10.5. The molecule has 0 aromatic heterocycles. The SMILES string of the molecule is C=CC=CC.CN([Si](=O)CC1C(Cc2ccccc2)=Cc2ccccc21)C(C)(C)C.[Ti]. The minimum absolute atomic E-state index is 0. The van der Waals surface area contributed by atoms with Gasteiger partial charge in [-0.2, -0.15) is 0 Å². The van der Waals surface area contributed by atoms with Gasteiger partial charge in [0.15, 0.2) is 0 Å². The van der Waals surface area contributed by atoms with Gasteiger partial charge in [-0.3, -0.25) is 0 Å². The Bertz CT molecular complexity index is 912. The molecule has 2 nitrogen and oxygen atoms in total. The zero-order chi connectivity index (χ0) is 22.1. The molecule has 4 heteroatoms. The Morgan fingerprint density at radius 2 is 1.68 bits per heavy atom. The number of nitrogens with zero attached hydrogens (tertiary/aromatic N) is 1. The van der Waals surface area contributed by atoms with Crippen molar-refractivity contribution < 1.29 is 26.2 Å². The van der Waals surface area contributed by atoms with Crippen molar-refractivity contribution in [3.05, 3.63) is 102 Å². The number of rotatable bonds is 6. The molecule has 2 aromatic carbocycles. The Labute approximate surface area is 205 Å².